The van der Waals surface area contributed by atoms with Crippen molar-refractivity contribution >= 4 is 49.8 Å². The van der Waals surface area contributed by atoms with Gasteiger partial charge in [-0.05, 0) is 61.2 Å². The van der Waals surface area contributed by atoms with Gasteiger partial charge < -0.3 is 0 Å². The van der Waals surface area contributed by atoms with E-state index in [0.29, 0.717) is 10.6 Å². The van der Waals surface area contributed by atoms with Gasteiger partial charge in [0, 0.05) is 11.9 Å². The van der Waals surface area contributed by atoms with E-state index in [1.807, 2.05) is 30.3 Å². The van der Waals surface area contributed by atoms with Crippen LogP contribution in [-0.4, -0.2) is 35.9 Å². The summed E-state index contributed by atoms with van der Waals surface area (Å²) in [5, 5.41) is 1.03. The molecule has 2 heterocycles. The monoisotopic (exact) mass is 441 g/mol. The van der Waals surface area contributed by atoms with Crippen molar-refractivity contribution in [1.82, 2.24) is 9.88 Å². The van der Waals surface area contributed by atoms with Crippen molar-refractivity contribution < 1.29 is 17.6 Å². The second kappa shape index (κ2) is 8.00. The molecule has 2 aromatic carbocycles. The Morgan fingerprint density at radius 2 is 1.83 bits per heavy atom. The number of pyridine rings is 1. The van der Waals surface area contributed by atoms with E-state index >= 15 is 0 Å². The zero-order valence-electron chi connectivity index (χ0n) is 15.8. The Morgan fingerprint density at radius 3 is 2.57 bits per heavy atom. The number of hydrogen-bond acceptors (Lipinski definition) is 5. The molecule has 0 radical (unpaired) electrons. The van der Waals surface area contributed by atoms with Crippen molar-refractivity contribution in [2.45, 2.75) is 11.8 Å². The molecule has 0 atom stereocenters. The van der Waals surface area contributed by atoms with Gasteiger partial charge in [0.15, 0.2) is 5.17 Å². The minimum atomic E-state index is -4.09. The van der Waals surface area contributed by atoms with Crippen LogP contribution in [0, 0.1) is 5.82 Å². The molecule has 1 fully saturated rings. The van der Waals surface area contributed by atoms with Crippen LogP contribution in [-0.2, 0) is 14.8 Å². The second-order valence-corrected chi connectivity index (χ2v) is 9.00. The van der Waals surface area contributed by atoms with Crippen LogP contribution in [0.4, 0.5) is 4.39 Å². The highest BCUT2D eigenvalue weighted by atomic mass is 32.2. The highest BCUT2D eigenvalue weighted by molar-refractivity contribution is 8.19. The maximum Gasteiger partial charge on any atom is 0.284 e. The summed E-state index contributed by atoms with van der Waals surface area (Å²) in [6, 6.07) is 15.7. The molecule has 6 nitrogen and oxygen atoms in total. The van der Waals surface area contributed by atoms with E-state index in [9.17, 15) is 17.6 Å². The van der Waals surface area contributed by atoms with Crippen LogP contribution >= 0.6 is 11.8 Å². The maximum absolute atomic E-state index is 13.1. The van der Waals surface area contributed by atoms with Crippen LogP contribution in [0.1, 0.15) is 12.6 Å². The van der Waals surface area contributed by atoms with Gasteiger partial charge in [0.2, 0.25) is 0 Å². The molecule has 9 heteroatoms. The van der Waals surface area contributed by atoms with Gasteiger partial charge in [-0.15, -0.1) is 4.40 Å². The third-order valence-electron chi connectivity index (χ3n) is 4.41. The van der Waals surface area contributed by atoms with Crippen LogP contribution in [0.3, 0.4) is 0 Å². The van der Waals surface area contributed by atoms with E-state index in [1.54, 1.807) is 19.1 Å². The first-order chi connectivity index (χ1) is 14.4. The summed E-state index contributed by atoms with van der Waals surface area (Å²) in [6.07, 6.45) is 1.62. The van der Waals surface area contributed by atoms with Gasteiger partial charge in [-0.1, -0.05) is 24.3 Å². The molecule has 30 heavy (non-hydrogen) atoms. The lowest BCUT2D eigenvalue weighted by atomic mass is 10.2. The number of benzene rings is 2. The first-order valence-corrected chi connectivity index (χ1v) is 11.3. The van der Waals surface area contributed by atoms with Gasteiger partial charge in [-0.3, -0.25) is 9.69 Å². The molecule has 0 bridgehead atoms. The molecule has 0 unspecified atom stereocenters. The fourth-order valence-corrected chi connectivity index (χ4v) is 5.14. The Kier molecular flexibility index (Phi) is 5.40. The predicted octanol–water partition coefficient (Wildman–Crippen LogP) is 4.06. The number of carbonyl (C=O) groups excluding carboxylic acids is 1. The Balaban J connectivity index is 1.69. The summed E-state index contributed by atoms with van der Waals surface area (Å²) in [4.78, 5) is 18.8. The van der Waals surface area contributed by atoms with Crippen LogP contribution < -0.4 is 0 Å². The molecule has 0 spiro atoms. The number of carbonyl (C=O) groups is 1. The van der Waals surface area contributed by atoms with E-state index in [2.05, 4.69) is 9.38 Å². The van der Waals surface area contributed by atoms with E-state index in [1.165, 1.54) is 4.90 Å². The predicted molar refractivity (Wildman–Crippen MR) is 116 cm³/mol. The molecule has 3 aromatic rings. The Bertz CT molecular complexity index is 1300. The summed E-state index contributed by atoms with van der Waals surface area (Å²) < 4.78 is 42.1. The number of hydrogen-bond donors (Lipinski definition) is 0. The lowest BCUT2D eigenvalue weighted by Gasteiger charge is -2.11. The number of amides is 1. The van der Waals surface area contributed by atoms with Gasteiger partial charge in [0.05, 0.1) is 21.0 Å². The minimum Gasteiger partial charge on any atom is -0.286 e. The second-order valence-electron chi connectivity index (χ2n) is 6.39. The van der Waals surface area contributed by atoms with E-state index < -0.39 is 15.8 Å². The molecule has 1 aliphatic heterocycles. The fourth-order valence-electron chi connectivity index (χ4n) is 2.91. The van der Waals surface area contributed by atoms with Crippen molar-refractivity contribution in [2.75, 3.05) is 6.54 Å². The Hall–Kier alpha value is -3.04. The summed E-state index contributed by atoms with van der Waals surface area (Å²) in [5.74, 6) is -0.888. The molecule has 0 aliphatic carbocycles. The Morgan fingerprint density at radius 1 is 1.10 bits per heavy atom. The SMILES string of the molecule is CCN1C(=O)/C(=C/c2ccc3ccccc3n2)S/C1=N/S(=O)(=O)c1ccc(F)cc1. The summed E-state index contributed by atoms with van der Waals surface area (Å²) >= 11 is 0.971. The van der Waals surface area contributed by atoms with Gasteiger partial charge in [0.1, 0.15) is 5.82 Å². The standard InChI is InChI=1S/C21H16FN3O3S2/c1-2-25-20(26)19(13-16-10-7-14-5-3-4-6-18(14)23-16)29-21(25)24-30(27,28)17-11-8-15(22)9-12-17/h3-13H,2H2,1H3/b19-13-,24-21+. The number of fused-ring (bicyclic) bond motifs is 1. The van der Waals surface area contributed by atoms with Gasteiger partial charge in [0.25, 0.3) is 15.9 Å². The molecule has 1 saturated heterocycles. The number of likely N-dealkylation sites (N-methyl/N-ethyl adjacent to an activating group) is 1. The van der Waals surface area contributed by atoms with Crippen molar-refractivity contribution in [2.24, 2.45) is 4.40 Å². The fraction of sp³-hybridized carbons (Fsp3) is 0.0952. The number of rotatable bonds is 4. The molecular weight excluding hydrogens is 425 g/mol. The van der Waals surface area contributed by atoms with Crippen molar-refractivity contribution in [1.29, 1.82) is 0 Å². The van der Waals surface area contributed by atoms with Crippen molar-refractivity contribution in [3.8, 4) is 0 Å². The average Bonchev–Trinajstić information content (AvgIpc) is 3.01. The van der Waals surface area contributed by atoms with E-state index in [0.717, 1.165) is 46.9 Å². The normalized spacial score (nSPS) is 17.4. The first-order valence-electron chi connectivity index (χ1n) is 9.05. The molecule has 152 valence electrons. The molecule has 4 rings (SSSR count). The third-order valence-corrected chi connectivity index (χ3v) is 6.82. The highest BCUT2D eigenvalue weighted by Crippen LogP contribution is 2.33. The lowest BCUT2D eigenvalue weighted by Crippen LogP contribution is -2.29. The molecule has 1 aliphatic rings. The molecule has 1 amide bonds. The molecule has 1 aromatic heterocycles. The quantitative estimate of drug-likeness (QED) is 0.571. The highest BCUT2D eigenvalue weighted by Gasteiger charge is 2.34. The number of sulfonamides is 1. The van der Waals surface area contributed by atoms with Crippen LogP contribution in [0.2, 0.25) is 0 Å². The van der Waals surface area contributed by atoms with Gasteiger partial charge >= 0.3 is 0 Å². The number of aromatic nitrogens is 1. The van der Waals surface area contributed by atoms with Gasteiger partial charge in [-0.25, -0.2) is 9.37 Å². The molecule has 0 saturated carbocycles. The topological polar surface area (TPSA) is 79.7 Å². The number of amidine groups is 1. The number of nitrogens with zero attached hydrogens (tertiary/aromatic N) is 3. The maximum atomic E-state index is 13.1. The third kappa shape index (κ3) is 3.99. The van der Waals surface area contributed by atoms with E-state index in [-0.39, 0.29) is 22.5 Å². The zero-order valence-corrected chi connectivity index (χ0v) is 17.5. The summed E-state index contributed by atoms with van der Waals surface area (Å²) in [6.45, 7) is 1.99. The van der Waals surface area contributed by atoms with Crippen LogP contribution in [0.5, 0.6) is 0 Å². The van der Waals surface area contributed by atoms with Gasteiger partial charge in [-0.2, -0.15) is 8.42 Å². The zero-order chi connectivity index (χ0) is 21.3. The van der Waals surface area contributed by atoms with E-state index in [4.69, 9.17) is 0 Å². The average molecular weight is 442 g/mol. The lowest BCUT2D eigenvalue weighted by molar-refractivity contribution is -0.122. The summed E-state index contributed by atoms with van der Waals surface area (Å²) in [7, 11) is -4.09. The Labute approximate surface area is 177 Å². The molecular formula is C21H16FN3O3S2. The molecule has 0 N–H and O–H groups in total. The summed E-state index contributed by atoms with van der Waals surface area (Å²) in [5.41, 5.74) is 1.38. The number of halogens is 1. The van der Waals surface area contributed by atoms with Crippen LogP contribution in [0.25, 0.3) is 17.0 Å². The smallest absolute Gasteiger partial charge is 0.284 e. The van der Waals surface area contributed by atoms with Crippen LogP contribution in [0.15, 0.2) is 74.9 Å². The van der Waals surface area contributed by atoms with Crippen molar-refractivity contribution in [3.63, 3.8) is 0 Å². The minimum absolute atomic E-state index is 0.0545. The largest absolute Gasteiger partial charge is 0.286 e. The van der Waals surface area contributed by atoms with Crippen molar-refractivity contribution in [3.05, 3.63) is 77.1 Å². The first kappa shape index (κ1) is 20.2. The number of para-hydroxylation sites is 1. The number of thioether (sulfide) groups is 1.